The van der Waals surface area contributed by atoms with Gasteiger partial charge in [-0.15, -0.1) is 0 Å². The number of hydrogen-bond acceptors (Lipinski definition) is 8. The van der Waals surface area contributed by atoms with Crippen molar-refractivity contribution in [2.24, 2.45) is 29.1 Å². The molecule has 2 aromatic rings. The molecule has 10 nitrogen and oxygen atoms in total. The van der Waals surface area contributed by atoms with Gasteiger partial charge in [-0.05, 0) is 61.0 Å². The van der Waals surface area contributed by atoms with Crippen LogP contribution in [0.4, 0.5) is 22.4 Å². The number of nitrogens with zero attached hydrogens (tertiary/aromatic N) is 3. The Morgan fingerprint density at radius 1 is 1.06 bits per heavy atom. The summed E-state index contributed by atoms with van der Waals surface area (Å²) in [5.74, 6) is -4.59. The lowest BCUT2D eigenvalue weighted by molar-refractivity contribution is -0.139. The van der Waals surface area contributed by atoms with E-state index in [0.717, 1.165) is 12.5 Å². The molecule has 1 aromatic carbocycles. The number of amides is 2. The third kappa shape index (κ3) is 6.69. The minimum absolute atomic E-state index is 0.00728. The molecule has 2 aliphatic heterocycles. The van der Waals surface area contributed by atoms with Gasteiger partial charge in [-0.3, -0.25) is 4.79 Å². The summed E-state index contributed by atoms with van der Waals surface area (Å²) in [4.78, 5) is 49.4. The van der Waals surface area contributed by atoms with Gasteiger partial charge in [0.2, 0.25) is 11.8 Å². The average molecular weight is 665 g/mol. The van der Waals surface area contributed by atoms with E-state index in [0.29, 0.717) is 37.4 Å². The van der Waals surface area contributed by atoms with Gasteiger partial charge in [-0.2, -0.15) is 17.6 Å². The Hall–Kier alpha value is -3.71. The van der Waals surface area contributed by atoms with E-state index in [2.05, 4.69) is 20.0 Å². The van der Waals surface area contributed by atoms with Gasteiger partial charge < -0.3 is 29.2 Å². The Morgan fingerprint density at radius 2 is 1.83 bits per heavy atom. The number of nitrogens with one attached hydrogen (secondary N) is 1. The molecule has 0 spiro atoms. The molecule has 14 heteroatoms. The van der Waals surface area contributed by atoms with E-state index >= 15 is 8.78 Å². The number of carbonyl (C=O) groups excluding carboxylic acids is 3. The van der Waals surface area contributed by atoms with Crippen molar-refractivity contribution in [3.63, 3.8) is 0 Å². The number of fused-ring (bicyclic) bond motifs is 7. The summed E-state index contributed by atoms with van der Waals surface area (Å²) in [5.41, 5.74) is -1.46. The lowest BCUT2D eigenvalue weighted by atomic mass is 9.85. The summed E-state index contributed by atoms with van der Waals surface area (Å²) in [6.45, 7) is 3.72. The average Bonchev–Trinajstić information content (AvgIpc) is 3.56. The van der Waals surface area contributed by atoms with Crippen molar-refractivity contribution >= 4 is 29.3 Å². The smallest absolute Gasteiger partial charge is 0.408 e. The van der Waals surface area contributed by atoms with Crippen LogP contribution < -0.4 is 14.8 Å². The van der Waals surface area contributed by atoms with Gasteiger partial charge in [0, 0.05) is 18.4 Å². The second kappa shape index (κ2) is 12.4. The number of aromatic nitrogens is 2. The van der Waals surface area contributed by atoms with Gasteiger partial charge in [0.05, 0.1) is 23.6 Å². The fraction of sp³-hybridized carbons (Fsp3) is 0.667. The zero-order chi connectivity index (χ0) is 33.8. The number of carbonyl (C=O) groups is 3. The van der Waals surface area contributed by atoms with E-state index < -0.39 is 72.0 Å². The van der Waals surface area contributed by atoms with Gasteiger partial charge in [0.15, 0.2) is 5.69 Å². The second-order valence-corrected chi connectivity index (χ2v) is 14.4. The Balaban J connectivity index is 1.39. The van der Waals surface area contributed by atoms with Crippen LogP contribution in [0, 0.1) is 29.1 Å². The maximum absolute atomic E-state index is 16.0. The zero-order valence-corrected chi connectivity index (χ0v) is 26.8. The van der Waals surface area contributed by atoms with Crippen molar-refractivity contribution in [1.29, 1.82) is 0 Å². The highest BCUT2D eigenvalue weighted by molar-refractivity contribution is 5.89. The van der Waals surface area contributed by atoms with Crippen LogP contribution in [-0.2, 0) is 20.2 Å². The van der Waals surface area contributed by atoms with E-state index in [1.165, 1.54) is 17.0 Å². The van der Waals surface area contributed by atoms with Crippen molar-refractivity contribution in [2.75, 3.05) is 6.54 Å². The summed E-state index contributed by atoms with van der Waals surface area (Å²) in [6, 6.07) is 1.57. The van der Waals surface area contributed by atoms with Crippen molar-refractivity contribution in [1.82, 2.24) is 20.2 Å². The van der Waals surface area contributed by atoms with Crippen LogP contribution in [-0.4, -0.2) is 70.6 Å². The molecule has 3 heterocycles. The highest BCUT2D eigenvalue weighted by Gasteiger charge is 2.55. The summed E-state index contributed by atoms with van der Waals surface area (Å²) in [6.07, 6.45) is 0.910. The molecule has 0 radical (unpaired) electrons. The Morgan fingerprint density at radius 3 is 2.53 bits per heavy atom. The fourth-order valence-corrected chi connectivity index (χ4v) is 7.52. The number of alkyl halides is 4. The summed E-state index contributed by atoms with van der Waals surface area (Å²) >= 11 is 0. The third-order valence-corrected chi connectivity index (χ3v) is 10.2. The van der Waals surface area contributed by atoms with E-state index in [9.17, 15) is 23.2 Å². The molecule has 1 aromatic heterocycles. The third-order valence-electron chi connectivity index (χ3n) is 10.2. The monoisotopic (exact) mass is 664 g/mol. The molecule has 2 unspecified atom stereocenters. The minimum Gasteiger partial charge on any atom is -0.471 e. The second-order valence-electron chi connectivity index (χ2n) is 14.4. The molecule has 47 heavy (non-hydrogen) atoms. The van der Waals surface area contributed by atoms with Crippen LogP contribution in [0.25, 0.3) is 11.0 Å². The highest BCUT2D eigenvalue weighted by Crippen LogP contribution is 2.58. The van der Waals surface area contributed by atoms with E-state index in [4.69, 9.17) is 9.47 Å². The first kappa shape index (κ1) is 33.2. The molecule has 2 aliphatic carbocycles. The van der Waals surface area contributed by atoms with Crippen LogP contribution in [0.3, 0.4) is 0 Å². The molecular formula is C33H40F4N4O6. The SMILES string of the molecule is C[C@@H]1[C@@H]2CN(C(=O)[C@H](C(C)(C)C)NC(=O)O[C@@H]3CC4CC4[C@H]3CCCCC(F)(F)c3nc4ccc(OC(F)F)cc4nc3O2)[C@@H]1C=O. The first-order valence-electron chi connectivity index (χ1n) is 16.2. The van der Waals surface area contributed by atoms with Crippen LogP contribution in [0.15, 0.2) is 18.2 Å². The number of rotatable bonds is 3. The Bertz CT molecular complexity index is 1540. The van der Waals surface area contributed by atoms with E-state index in [1.807, 2.05) is 0 Å². The first-order chi connectivity index (χ1) is 22.2. The molecule has 8 atom stereocenters. The van der Waals surface area contributed by atoms with Gasteiger partial charge in [0.1, 0.15) is 30.3 Å². The van der Waals surface area contributed by atoms with Crippen LogP contribution in [0.1, 0.15) is 71.9 Å². The zero-order valence-electron chi connectivity index (χ0n) is 26.8. The normalized spacial score (nSPS) is 32.7. The lowest BCUT2D eigenvalue weighted by Gasteiger charge is -2.35. The molecule has 2 saturated carbocycles. The molecule has 256 valence electrons. The first-order valence-corrected chi connectivity index (χ1v) is 16.2. The van der Waals surface area contributed by atoms with Crippen LogP contribution in [0.5, 0.6) is 11.6 Å². The van der Waals surface area contributed by atoms with Gasteiger partial charge in [-0.25, -0.2) is 14.8 Å². The summed E-state index contributed by atoms with van der Waals surface area (Å²) in [7, 11) is 0. The number of aldehydes is 1. The molecular weight excluding hydrogens is 624 g/mol. The molecule has 1 N–H and O–H groups in total. The molecule has 2 amide bonds. The maximum atomic E-state index is 16.0. The predicted octanol–water partition coefficient (Wildman–Crippen LogP) is 5.86. The van der Waals surface area contributed by atoms with Crippen LogP contribution in [0.2, 0.25) is 0 Å². The van der Waals surface area contributed by atoms with E-state index in [-0.39, 0.29) is 41.8 Å². The van der Waals surface area contributed by atoms with Crippen LogP contribution >= 0.6 is 0 Å². The van der Waals surface area contributed by atoms with Crippen molar-refractivity contribution < 1.29 is 46.2 Å². The van der Waals surface area contributed by atoms with Gasteiger partial charge >= 0.3 is 12.7 Å². The van der Waals surface area contributed by atoms with Crippen molar-refractivity contribution in [3.05, 3.63) is 23.9 Å². The summed E-state index contributed by atoms with van der Waals surface area (Å²) < 4.78 is 74.3. The van der Waals surface area contributed by atoms with Gasteiger partial charge in [-0.1, -0.05) is 34.1 Å². The lowest BCUT2D eigenvalue weighted by Crippen LogP contribution is -2.56. The quantitative estimate of drug-likeness (QED) is 0.321. The topological polar surface area (TPSA) is 120 Å². The summed E-state index contributed by atoms with van der Waals surface area (Å²) in [5, 5.41) is 2.76. The maximum Gasteiger partial charge on any atom is 0.408 e. The minimum atomic E-state index is -3.48. The molecule has 6 rings (SSSR count). The highest BCUT2D eigenvalue weighted by atomic mass is 19.3. The number of benzene rings is 1. The number of halogens is 4. The van der Waals surface area contributed by atoms with Crippen molar-refractivity contribution in [2.45, 2.75) is 103 Å². The van der Waals surface area contributed by atoms with Gasteiger partial charge in [0.25, 0.3) is 5.92 Å². The molecule has 1 saturated heterocycles. The number of hydrogen-bond donors (Lipinski definition) is 1. The number of ether oxygens (including phenoxy) is 3. The number of alkyl carbamates (subject to hydrolysis) is 1. The Kier molecular flexibility index (Phi) is 8.75. The molecule has 2 bridgehead atoms. The molecule has 4 aliphatic rings. The predicted molar refractivity (Wildman–Crippen MR) is 160 cm³/mol. The largest absolute Gasteiger partial charge is 0.471 e. The fourth-order valence-electron chi connectivity index (χ4n) is 7.52. The Labute approximate surface area is 269 Å². The van der Waals surface area contributed by atoms with Crippen molar-refractivity contribution in [3.8, 4) is 11.6 Å². The molecule has 3 fully saturated rings. The standard InChI is InChI=1S/C33H40F4N4O6/c1-16-23(15-42)41-14-25(16)46-28-26(38-21-9-8-18(45-30(34)35)13-22(21)39-28)33(36,37)10-6-5-7-19-20-11-17(20)12-24(19)47-31(44)40-27(29(41)43)32(2,3)4/h8-9,13,15-17,19-20,23-25,27,30H,5-7,10-12,14H2,1-4H3,(H,40,44)/t16-,17?,19+,20?,23+,24+,25-,27+/m0/s1. The van der Waals surface area contributed by atoms with E-state index in [1.54, 1.807) is 27.7 Å².